The minimum Gasteiger partial charge on any atom is -0.491 e. The second kappa shape index (κ2) is 15.7. The number of morpholine rings is 1. The van der Waals surface area contributed by atoms with Crippen molar-refractivity contribution in [3.63, 3.8) is 0 Å². The number of methoxy groups -OCH3 is 1. The number of rotatable bonds is 11. The summed E-state index contributed by atoms with van der Waals surface area (Å²) in [5.41, 5.74) is 2.28. The first-order valence-corrected chi connectivity index (χ1v) is 11.0. The third-order valence-electron chi connectivity index (χ3n) is 5.25. The number of aryl methyl sites for hydroxylation is 1. The van der Waals surface area contributed by atoms with Gasteiger partial charge in [-0.25, -0.2) is 0 Å². The maximum Gasteiger partial charge on any atom is 0.191 e. The van der Waals surface area contributed by atoms with E-state index in [1.807, 2.05) is 7.05 Å². The molecule has 1 saturated heterocycles. The Bertz CT molecular complexity index is 652. The monoisotopic (exact) mass is 548 g/mol. The molecule has 7 nitrogen and oxygen atoms in total. The van der Waals surface area contributed by atoms with E-state index >= 15 is 0 Å². The van der Waals surface area contributed by atoms with E-state index < -0.39 is 0 Å². The van der Waals surface area contributed by atoms with Crippen molar-refractivity contribution in [1.29, 1.82) is 0 Å². The smallest absolute Gasteiger partial charge is 0.191 e. The Morgan fingerprint density at radius 2 is 1.94 bits per heavy atom. The zero-order valence-corrected chi connectivity index (χ0v) is 22.1. The van der Waals surface area contributed by atoms with E-state index in [1.165, 1.54) is 5.56 Å². The lowest BCUT2D eigenvalue weighted by molar-refractivity contribution is 0.0132. The topological polar surface area (TPSA) is 67.4 Å². The molecule has 178 valence electrons. The van der Waals surface area contributed by atoms with Gasteiger partial charge in [-0.2, -0.15) is 0 Å². The second-order valence-electron chi connectivity index (χ2n) is 8.19. The van der Waals surface area contributed by atoms with E-state index in [0.29, 0.717) is 31.7 Å². The summed E-state index contributed by atoms with van der Waals surface area (Å²) in [6.07, 6.45) is 1.15. The van der Waals surface area contributed by atoms with Gasteiger partial charge < -0.3 is 24.8 Å². The van der Waals surface area contributed by atoms with Crippen LogP contribution < -0.4 is 15.4 Å². The molecule has 1 aliphatic heterocycles. The lowest BCUT2D eigenvalue weighted by Crippen LogP contribution is -2.51. The molecule has 8 heteroatoms. The Labute approximate surface area is 205 Å². The maximum absolute atomic E-state index is 5.90. The van der Waals surface area contributed by atoms with E-state index in [4.69, 9.17) is 14.2 Å². The van der Waals surface area contributed by atoms with Crippen LogP contribution in [0.3, 0.4) is 0 Å². The van der Waals surface area contributed by atoms with Crippen molar-refractivity contribution in [1.82, 2.24) is 15.5 Å². The van der Waals surface area contributed by atoms with Crippen molar-refractivity contribution in [3.8, 4) is 5.75 Å². The zero-order chi connectivity index (χ0) is 21.8. The molecule has 2 rings (SSSR count). The summed E-state index contributed by atoms with van der Waals surface area (Å²) in [7, 11) is 3.49. The molecule has 1 atom stereocenters. The number of halogens is 1. The van der Waals surface area contributed by atoms with E-state index in [1.54, 1.807) is 7.11 Å². The number of hydrogen-bond acceptors (Lipinski definition) is 5. The van der Waals surface area contributed by atoms with Crippen LogP contribution in [0.2, 0.25) is 0 Å². The predicted octanol–water partition coefficient (Wildman–Crippen LogP) is 3.05. The zero-order valence-electron chi connectivity index (χ0n) is 19.8. The molecule has 1 unspecified atom stereocenters. The van der Waals surface area contributed by atoms with Gasteiger partial charge in [0, 0.05) is 51.9 Å². The summed E-state index contributed by atoms with van der Waals surface area (Å²) in [6, 6.07) is 6.75. The fourth-order valence-electron chi connectivity index (χ4n) is 3.64. The average Bonchev–Trinajstić information content (AvgIpc) is 2.74. The number of benzene rings is 1. The minimum atomic E-state index is 0. The van der Waals surface area contributed by atoms with Crippen molar-refractivity contribution < 1.29 is 14.2 Å². The Morgan fingerprint density at radius 1 is 1.19 bits per heavy atom. The molecule has 1 aromatic rings. The fraction of sp³-hybridized carbons (Fsp3) is 0.696. The molecule has 0 aliphatic carbocycles. The first-order chi connectivity index (χ1) is 14.5. The molecular weight excluding hydrogens is 507 g/mol. The van der Waals surface area contributed by atoms with E-state index in [0.717, 1.165) is 56.5 Å². The van der Waals surface area contributed by atoms with Crippen molar-refractivity contribution in [3.05, 3.63) is 29.3 Å². The summed E-state index contributed by atoms with van der Waals surface area (Å²) in [5.74, 6) is 2.34. The molecule has 0 amide bonds. The normalized spacial score (nSPS) is 16.0. The quantitative estimate of drug-likeness (QED) is 0.192. The third-order valence-corrected chi connectivity index (χ3v) is 5.25. The average molecular weight is 549 g/mol. The Kier molecular flexibility index (Phi) is 14.1. The minimum absolute atomic E-state index is 0. The molecule has 0 aromatic heterocycles. The number of aliphatic imine (C=N–C) groups is 1. The summed E-state index contributed by atoms with van der Waals surface area (Å²) >= 11 is 0. The standard InChI is InChI=1S/C23H40N4O3.HI/c1-18(2)14-21(27-8-10-29-11-9-27)17-26-23(24-4)25-16-20-7-6-19(3)15-22(20)30-13-12-28-5;/h6-7,15,18,21H,8-14,16-17H2,1-5H3,(H2,24,25,26);1H. The number of guanidine groups is 1. The summed E-state index contributed by atoms with van der Waals surface area (Å²) in [4.78, 5) is 6.95. The summed E-state index contributed by atoms with van der Waals surface area (Å²) in [6.45, 7) is 12.9. The van der Waals surface area contributed by atoms with E-state index in [-0.39, 0.29) is 24.0 Å². The lowest BCUT2D eigenvalue weighted by atomic mass is 10.0. The van der Waals surface area contributed by atoms with Gasteiger partial charge >= 0.3 is 0 Å². The van der Waals surface area contributed by atoms with Crippen LogP contribution in [0.15, 0.2) is 23.2 Å². The van der Waals surface area contributed by atoms with Gasteiger partial charge in [-0.15, -0.1) is 24.0 Å². The van der Waals surface area contributed by atoms with Gasteiger partial charge in [0.15, 0.2) is 5.96 Å². The molecule has 1 heterocycles. The molecule has 2 N–H and O–H groups in total. The van der Waals surface area contributed by atoms with Crippen molar-refractivity contribution in [2.45, 2.75) is 39.8 Å². The summed E-state index contributed by atoms with van der Waals surface area (Å²) in [5, 5.41) is 6.95. The Balaban J connectivity index is 0.00000480. The van der Waals surface area contributed by atoms with Crippen molar-refractivity contribution in [2.75, 3.05) is 60.2 Å². The van der Waals surface area contributed by atoms with Crippen LogP contribution in [0.1, 0.15) is 31.4 Å². The lowest BCUT2D eigenvalue weighted by Gasteiger charge is -2.35. The van der Waals surface area contributed by atoms with Crippen LogP contribution in [0.5, 0.6) is 5.75 Å². The molecule has 1 aromatic carbocycles. The largest absolute Gasteiger partial charge is 0.491 e. The van der Waals surface area contributed by atoms with Gasteiger partial charge in [-0.05, 0) is 30.9 Å². The fourth-order valence-corrected chi connectivity index (χ4v) is 3.64. The molecule has 0 radical (unpaired) electrons. The van der Waals surface area contributed by atoms with Gasteiger partial charge in [0.25, 0.3) is 0 Å². The van der Waals surface area contributed by atoms with Crippen LogP contribution in [0.25, 0.3) is 0 Å². The number of hydrogen-bond donors (Lipinski definition) is 2. The van der Waals surface area contributed by atoms with E-state index in [9.17, 15) is 0 Å². The highest BCUT2D eigenvalue weighted by Crippen LogP contribution is 2.20. The highest BCUT2D eigenvalue weighted by atomic mass is 127. The van der Waals surface area contributed by atoms with Gasteiger partial charge in [-0.1, -0.05) is 26.0 Å². The highest BCUT2D eigenvalue weighted by molar-refractivity contribution is 14.0. The molecule has 0 spiro atoms. The summed E-state index contributed by atoms with van der Waals surface area (Å²) < 4.78 is 16.5. The number of nitrogens with one attached hydrogen (secondary N) is 2. The molecular formula is C23H41IN4O3. The van der Waals surface area contributed by atoms with Crippen LogP contribution in [-0.2, 0) is 16.0 Å². The van der Waals surface area contributed by atoms with Gasteiger partial charge in [-0.3, -0.25) is 9.89 Å². The van der Waals surface area contributed by atoms with E-state index in [2.05, 4.69) is 59.5 Å². The van der Waals surface area contributed by atoms with Gasteiger partial charge in [0.2, 0.25) is 0 Å². The maximum atomic E-state index is 5.90. The third kappa shape index (κ3) is 10.4. The van der Waals surface area contributed by atoms with Crippen LogP contribution in [-0.4, -0.2) is 77.1 Å². The Morgan fingerprint density at radius 3 is 2.58 bits per heavy atom. The van der Waals surface area contributed by atoms with Crippen molar-refractivity contribution >= 4 is 29.9 Å². The van der Waals surface area contributed by atoms with Crippen LogP contribution in [0, 0.1) is 12.8 Å². The van der Waals surface area contributed by atoms with Crippen LogP contribution in [0.4, 0.5) is 0 Å². The molecule has 31 heavy (non-hydrogen) atoms. The molecule has 1 aliphatic rings. The van der Waals surface area contributed by atoms with Gasteiger partial charge in [0.1, 0.15) is 12.4 Å². The first kappa shape index (κ1) is 27.9. The highest BCUT2D eigenvalue weighted by Gasteiger charge is 2.22. The molecule has 0 bridgehead atoms. The SMILES string of the molecule is CN=C(NCc1ccc(C)cc1OCCOC)NCC(CC(C)C)N1CCOCC1.I. The molecule has 0 saturated carbocycles. The number of nitrogens with zero attached hydrogens (tertiary/aromatic N) is 2. The van der Waals surface area contributed by atoms with Crippen LogP contribution >= 0.6 is 24.0 Å². The first-order valence-electron chi connectivity index (χ1n) is 11.0. The number of ether oxygens (including phenoxy) is 3. The van der Waals surface area contributed by atoms with Crippen molar-refractivity contribution in [2.24, 2.45) is 10.9 Å². The predicted molar refractivity (Wildman–Crippen MR) is 138 cm³/mol. The molecule has 1 fully saturated rings. The van der Waals surface area contributed by atoms with Gasteiger partial charge in [0.05, 0.1) is 19.8 Å². The Hall–Kier alpha value is -1.10. The second-order valence-corrected chi connectivity index (χ2v) is 8.19.